The molecule has 2 aromatic heterocycles. The number of aryl methyl sites for hydroxylation is 2. The van der Waals surface area contributed by atoms with Gasteiger partial charge in [-0.05, 0) is 45.6 Å². The van der Waals surface area contributed by atoms with Crippen LogP contribution in [-0.2, 0) is 26.6 Å². The van der Waals surface area contributed by atoms with Gasteiger partial charge in [-0.15, -0.1) is 0 Å². The molecule has 0 bridgehead atoms. The van der Waals surface area contributed by atoms with E-state index >= 15 is 0 Å². The van der Waals surface area contributed by atoms with Crippen molar-refractivity contribution in [3.8, 4) is 0 Å². The Bertz CT molecular complexity index is 754. The van der Waals surface area contributed by atoms with Crippen LogP contribution in [0.15, 0.2) is 17.4 Å². The normalized spacial score (nSPS) is 13.3. The van der Waals surface area contributed by atoms with Crippen LogP contribution in [0, 0.1) is 19.8 Å². The molecule has 7 nitrogen and oxygen atoms in total. The molecule has 2 heterocycles. The standard InChI is InChI=1S/C20H35N7/c1-8-21-20(23-12-19-22-9-10-27(19)13-14(2)3)24-15(4)11-18-16(5)25-26(7)17(18)6/h9-10,14-15H,8,11-13H2,1-7H3,(H2,21,23,24). The number of nitrogens with one attached hydrogen (secondary N) is 2. The van der Waals surface area contributed by atoms with E-state index in [0.717, 1.165) is 37.0 Å². The highest BCUT2D eigenvalue weighted by molar-refractivity contribution is 5.80. The number of aliphatic imine (C=N–C) groups is 1. The molecule has 150 valence electrons. The van der Waals surface area contributed by atoms with Gasteiger partial charge < -0.3 is 15.2 Å². The first-order chi connectivity index (χ1) is 12.8. The Morgan fingerprint density at radius 1 is 1.26 bits per heavy atom. The van der Waals surface area contributed by atoms with Crippen LogP contribution < -0.4 is 10.6 Å². The van der Waals surface area contributed by atoms with E-state index in [9.17, 15) is 0 Å². The van der Waals surface area contributed by atoms with Crippen LogP contribution in [0.5, 0.6) is 0 Å². The summed E-state index contributed by atoms with van der Waals surface area (Å²) in [7, 11) is 1.99. The molecule has 27 heavy (non-hydrogen) atoms. The van der Waals surface area contributed by atoms with Gasteiger partial charge in [-0.3, -0.25) is 4.68 Å². The third-order valence-electron chi connectivity index (χ3n) is 4.64. The van der Waals surface area contributed by atoms with Gasteiger partial charge in [0.1, 0.15) is 12.4 Å². The van der Waals surface area contributed by atoms with E-state index in [1.807, 2.05) is 24.1 Å². The molecular weight excluding hydrogens is 338 g/mol. The predicted octanol–water partition coefficient (Wildman–Crippen LogP) is 2.58. The molecule has 0 fully saturated rings. The highest BCUT2D eigenvalue weighted by atomic mass is 15.3. The second-order valence-corrected chi connectivity index (χ2v) is 7.61. The largest absolute Gasteiger partial charge is 0.357 e. The summed E-state index contributed by atoms with van der Waals surface area (Å²) in [6, 6.07) is 0.250. The zero-order valence-corrected chi connectivity index (χ0v) is 17.9. The number of imidazole rings is 1. The van der Waals surface area contributed by atoms with Crippen molar-refractivity contribution in [2.75, 3.05) is 6.54 Å². The summed E-state index contributed by atoms with van der Waals surface area (Å²) in [5.41, 5.74) is 3.63. The fourth-order valence-electron chi connectivity index (χ4n) is 3.22. The number of aromatic nitrogens is 4. The first-order valence-electron chi connectivity index (χ1n) is 9.85. The minimum Gasteiger partial charge on any atom is -0.357 e. The van der Waals surface area contributed by atoms with E-state index in [0.29, 0.717) is 12.5 Å². The van der Waals surface area contributed by atoms with Crippen LogP contribution in [0.1, 0.15) is 50.5 Å². The van der Waals surface area contributed by atoms with Gasteiger partial charge in [-0.1, -0.05) is 13.8 Å². The number of rotatable bonds is 8. The van der Waals surface area contributed by atoms with E-state index in [-0.39, 0.29) is 6.04 Å². The molecule has 0 saturated heterocycles. The van der Waals surface area contributed by atoms with Gasteiger partial charge in [0, 0.05) is 44.3 Å². The molecule has 0 spiro atoms. The Morgan fingerprint density at radius 2 is 2.00 bits per heavy atom. The molecule has 1 atom stereocenters. The average molecular weight is 374 g/mol. The molecule has 0 radical (unpaired) electrons. The van der Waals surface area contributed by atoms with E-state index in [1.54, 1.807) is 0 Å². The molecule has 0 amide bonds. The first kappa shape index (κ1) is 21.0. The van der Waals surface area contributed by atoms with Gasteiger partial charge in [-0.25, -0.2) is 9.98 Å². The summed E-state index contributed by atoms with van der Waals surface area (Å²) in [5, 5.41) is 11.4. The maximum Gasteiger partial charge on any atom is 0.191 e. The van der Waals surface area contributed by atoms with Crippen molar-refractivity contribution in [2.45, 2.75) is 67.1 Å². The summed E-state index contributed by atoms with van der Waals surface area (Å²) in [4.78, 5) is 9.21. The van der Waals surface area contributed by atoms with Crippen LogP contribution in [0.4, 0.5) is 0 Å². The van der Waals surface area contributed by atoms with Crippen LogP contribution in [-0.4, -0.2) is 37.9 Å². The Balaban J connectivity index is 2.04. The van der Waals surface area contributed by atoms with Crippen LogP contribution in [0.2, 0.25) is 0 Å². The highest BCUT2D eigenvalue weighted by Gasteiger charge is 2.14. The highest BCUT2D eigenvalue weighted by Crippen LogP contribution is 2.14. The smallest absolute Gasteiger partial charge is 0.191 e. The van der Waals surface area contributed by atoms with Gasteiger partial charge in [-0.2, -0.15) is 5.10 Å². The van der Waals surface area contributed by atoms with E-state index < -0.39 is 0 Å². The third kappa shape index (κ3) is 5.84. The van der Waals surface area contributed by atoms with Crippen molar-refractivity contribution in [1.82, 2.24) is 30.0 Å². The summed E-state index contributed by atoms with van der Waals surface area (Å²) in [6.07, 6.45) is 4.80. The van der Waals surface area contributed by atoms with Crippen LogP contribution in [0.3, 0.4) is 0 Å². The minimum atomic E-state index is 0.250. The van der Waals surface area contributed by atoms with Gasteiger partial charge in [0.15, 0.2) is 5.96 Å². The van der Waals surface area contributed by atoms with E-state index in [2.05, 4.69) is 66.8 Å². The van der Waals surface area contributed by atoms with Crippen molar-refractivity contribution in [3.05, 3.63) is 35.2 Å². The van der Waals surface area contributed by atoms with E-state index in [1.165, 1.54) is 11.3 Å². The van der Waals surface area contributed by atoms with Gasteiger partial charge in [0.05, 0.1) is 5.69 Å². The maximum atomic E-state index is 4.75. The lowest BCUT2D eigenvalue weighted by Crippen LogP contribution is -2.43. The zero-order chi connectivity index (χ0) is 20.0. The lowest BCUT2D eigenvalue weighted by atomic mass is 10.1. The molecule has 1 unspecified atom stereocenters. The van der Waals surface area contributed by atoms with Crippen molar-refractivity contribution >= 4 is 5.96 Å². The maximum absolute atomic E-state index is 4.75. The number of hydrogen-bond donors (Lipinski definition) is 2. The van der Waals surface area contributed by atoms with Crippen LogP contribution >= 0.6 is 0 Å². The number of nitrogens with zero attached hydrogens (tertiary/aromatic N) is 5. The predicted molar refractivity (Wildman–Crippen MR) is 111 cm³/mol. The van der Waals surface area contributed by atoms with Gasteiger partial charge in [0.25, 0.3) is 0 Å². The first-order valence-corrected chi connectivity index (χ1v) is 9.85. The lowest BCUT2D eigenvalue weighted by Gasteiger charge is -2.18. The molecular formula is C20H35N7. The van der Waals surface area contributed by atoms with Crippen molar-refractivity contribution in [3.63, 3.8) is 0 Å². The molecule has 7 heteroatoms. The fourth-order valence-corrected chi connectivity index (χ4v) is 3.22. The van der Waals surface area contributed by atoms with Crippen molar-refractivity contribution in [2.24, 2.45) is 18.0 Å². The molecule has 0 aliphatic carbocycles. The second kappa shape index (κ2) is 9.58. The molecule has 0 aromatic carbocycles. The molecule has 0 aliphatic rings. The Kier molecular flexibility index (Phi) is 7.45. The third-order valence-corrected chi connectivity index (χ3v) is 4.64. The van der Waals surface area contributed by atoms with Crippen molar-refractivity contribution < 1.29 is 0 Å². The summed E-state index contributed by atoms with van der Waals surface area (Å²) in [6.45, 7) is 15.2. The fraction of sp³-hybridized carbons (Fsp3) is 0.650. The minimum absolute atomic E-state index is 0.250. The molecule has 0 saturated carbocycles. The Morgan fingerprint density at radius 3 is 2.59 bits per heavy atom. The number of hydrogen-bond acceptors (Lipinski definition) is 3. The number of guanidine groups is 1. The average Bonchev–Trinajstić information content (AvgIpc) is 3.12. The Hall–Kier alpha value is -2.31. The molecule has 2 N–H and O–H groups in total. The second-order valence-electron chi connectivity index (χ2n) is 7.61. The molecule has 2 rings (SSSR count). The molecule has 0 aliphatic heterocycles. The van der Waals surface area contributed by atoms with Gasteiger partial charge in [0.2, 0.25) is 0 Å². The monoisotopic (exact) mass is 373 g/mol. The van der Waals surface area contributed by atoms with Crippen LogP contribution in [0.25, 0.3) is 0 Å². The van der Waals surface area contributed by atoms with Gasteiger partial charge >= 0.3 is 0 Å². The lowest BCUT2D eigenvalue weighted by molar-refractivity contribution is 0.507. The quantitative estimate of drug-likeness (QED) is 0.551. The zero-order valence-electron chi connectivity index (χ0n) is 17.9. The molecule has 2 aromatic rings. The topological polar surface area (TPSA) is 72.1 Å². The summed E-state index contributed by atoms with van der Waals surface area (Å²) in [5.74, 6) is 2.40. The SMILES string of the molecule is CCNC(=NCc1nccn1CC(C)C)NC(C)Cc1c(C)nn(C)c1C. The Labute approximate surface area is 163 Å². The summed E-state index contributed by atoms with van der Waals surface area (Å²) < 4.78 is 4.13. The van der Waals surface area contributed by atoms with Crippen molar-refractivity contribution in [1.29, 1.82) is 0 Å². The van der Waals surface area contributed by atoms with E-state index in [4.69, 9.17) is 4.99 Å². The summed E-state index contributed by atoms with van der Waals surface area (Å²) >= 11 is 0.